The molecule has 0 bridgehead atoms. The number of aromatic nitrogens is 1. The molecule has 1 saturated carbocycles. The summed E-state index contributed by atoms with van der Waals surface area (Å²) in [4.78, 5) is 17.9. The van der Waals surface area contributed by atoms with Crippen LogP contribution in [0.25, 0.3) is 10.8 Å². The maximum absolute atomic E-state index is 13.7. The van der Waals surface area contributed by atoms with E-state index in [0.717, 1.165) is 0 Å². The van der Waals surface area contributed by atoms with Crippen LogP contribution >= 0.6 is 11.6 Å². The van der Waals surface area contributed by atoms with Gasteiger partial charge in [0.25, 0.3) is 0 Å². The number of sulfonamides is 2. The number of halogens is 1. The van der Waals surface area contributed by atoms with E-state index in [-0.39, 0.29) is 18.8 Å². The molecular formula is C27H28ClN5O5S2. The van der Waals surface area contributed by atoms with E-state index in [1.165, 1.54) is 10.5 Å². The molecule has 1 amide bonds. The van der Waals surface area contributed by atoms with Gasteiger partial charge < -0.3 is 5.32 Å². The molecule has 1 aromatic heterocycles. The van der Waals surface area contributed by atoms with Crippen molar-refractivity contribution in [1.29, 1.82) is 5.26 Å². The molecule has 210 valence electrons. The van der Waals surface area contributed by atoms with Crippen LogP contribution in [0.5, 0.6) is 0 Å². The summed E-state index contributed by atoms with van der Waals surface area (Å²) in [6.45, 7) is 3.15. The Labute approximate surface area is 238 Å². The average Bonchev–Trinajstić information content (AvgIpc) is 3.66. The van der Waals surface area contributed by atoms with E-state index < -0.39 is 42.5 Å². The highest BCUT2D eigenvalue weighted by molar-refractivity contribution is 7.93. The summed E-state index contributed by atoms with van der Waals surface area (Å²) >= 11 is 6.25. The van der Waals surface area contributed by atoms with Crippen molar-refractivity contribution in [1.82, 2.24) is 9.29 Å². The second kappa shape index (κ2) is 10.3. The van der Waals surface area contributed by atoms with Gasteiger partial charge in [-0.2, -0.15) is 9.57 Å². The number of anilines is 2. The standard InChI is InChI=1S/C27H28ClN5O5S2/c1-17(2)40(37,38)32-21-5-6-22-19(9-21)11-30-12-25(22)31-26(34)24-14-33(13-18-3-4-20(28)10-23(18)24)39(35,36)16-27(15-29)7-8-27/h3-6,9-12,17,24,32H,7-8,13-14,16H2,1-2H3,(H,31,34). The Kier molecular flexibility index (Phi) is 7.29. The van der Waals surface area contributed by atoms with Gasteiger partial charge in [-0.3, -0.25) is 14.5 Å². The number of carbonyl (C=O) groups excluding carboxylic acids is 1. The van der Waals surface area contributed by atoms with Crippen LogP contribution in [0.3, 0.4) is 0 Å². The molecule has 1 aliphatic heterocycles. The number of amides is 1. The fourth-order valence-corrected chi connectivity index (χ4v) is 7.57. The molecule has 10 nitrogen and oxygen atoms in total. The van der Waals surface area contributed by atoms with Gasteiger partial charge in [-0.15, -0.1) is 0 Å². The molecule has 2 aromatic carbocycles. The minimum atomic E-state index is -3.81. The van der Waals surface area contributed by atoms with Gasteiger partial charge in [0, 0.05) is 40.8 Å². The Bertz CT molecular complexity index is 1770. The second-order valence-corrected chi connectivity index (χ2v) is 15.3. The largest absolute Gasteiger partial charge is 0.324 e. The number of pyridine rings is 1. The number of rotatable bonds is 8. The fraction of sp³-hybridized carbons (Fsp3) is 0.370. The Morgan fingerprint density at radius 3 is 2.60 bits per heavy atom. The van der Waals surface area contributed by atoms with E-state index in [0.29, 0.717) is 51.1 Å². The van der Waals surface area contributed by atoms with Gasteiger partial charge in [-0.25, -0.2) is 16.8 Å². The highest BCUT2D eigenvalue weighted by Gasteiger charge is 2.49. The lowest BCUT2D eigenvalue weighted by atomic mass is 9.90. The maximum Gasteiger partial charge on any atom is 0.235 e. The first-order valence-electron chi connectivity index (χ1n) is 12.7. The molecule has 0 spiro atoms. The fourth-order valence-electron chi connectivity index (χ4n) is 4.75. The normalized spacial score (nSPS) is 18.6. The van der Waals surface area contributed by atoms with Crippen molar-refractivity contribution in [2.75, 3.05) is 22.3 Å². The van der Waals surface area contributed by atoms with Gasteiger partial charge >= 0.3 is 0 Å². The SMILES string of the molecule is CC(C)S(=O)(=O)Nc1ccc2c(NC(=O)C3CN(S(=O)(=O)CC4(C#N)CC4)Cc4ccc(Cl)cc43)cncc2c1. The Morgan fingerprint density at radius 1 is 1.18 bits per heavy atom. The topological polar surface area (TPSA) is 149 Å². The Hall–Kier alpha value is -3.24. The first-order chi connectivity index (χ1) is 18.8. The van der Waals surface area contributed by atoms with Crippen LogP contribution in [0.15, 0.2) is 48.8 Å². The summed E-state index contributed by atoms with van der Waals surface area (Å²) in [5.74, 6) is -1.57. The maximum atomic E-state index is 13.7. The number of benzene rings is 2. The van der Waals surface area contributed by atoms with E-state index >= 15 is 0 Å². The minimum absolute atomic E-state index is 0.0883. The monoisotopic (exact) mass is 601 g/mol. The van der Waals surface area contributed by atoms with Gasteiger partial charge in [-0.05, 0) is 62.1 Å². The molecule has 2 N–H and O–H groups in total. The van der Waals surface area contributed by atoms with Gasteiger partial charge in [0.15, 0.2) is 0 Å². The highest BCUT2D eigenvalue weighted by atomic mass is 35.5. The van der Waals surface area contributed by atoms with E-state index in [2.05, 4.69) is 21.1 Å². The Balaban J connectivity index is 1.44. The lowest BCUT2D eigenvalue weighted by Gasteiger charge is -2.34. The first kappa shape index (κ1) is 28.3. The van der Waals surface area contributed by atoms with Crippen molar-refractivity contribution in [3.63, 3.8) is 0 Å². The number of carbonyl (C=O) groups is 1. The van der Waals surface area contributed by atoms with Crippen LogP contribution in [0.2, 0.25) is 5.02 Å². The third-order valence-corrected chi connectivity index (χ3v) is 11.4. The molecule has 5 rings (SSSR count). The van der Waals surface area contributed by atoms with Crippen LogP contribution < -0.4 is 10.0 Å². The third kappa shape index (κ3) is 5.65. The third-order valence-electron chi connectivity index (χ3n) is 7.37. The van der Waals surface area contributed by atoms with E-state index in [1.54, 1.807) is 56.4 Å². The first-order valence-corrected chi connectivity index (χ1v) is 16.2. The van der Waals surface area contributed by atoms with Gasteiger partial charge in [0.05, 0.1) is 40.3 Å². The second-order valence-electron chi connectivity index (χ2n) is 10.6. The molecule has 1 unspecified atom stereocenters. The molecule has 13 heteroatoms. The number of nitrogens with one attached hydrogen (secondary N) is 2. The number of nitriles is 1. The molecule has 1 aliphatic carbocycles. The van der Waals surface area contributed by atoms with Crippen molar-refractivity contribution < 1.29 is 21.6 Å². The van der Waals surface area contributed by atoms with Crippen LogP contribution in [-0.2, 0) is 31.4 Å². The lowest BCUT2D eigenvalue weighted by Crippen LogP contribution is -2.44. The summed E-state index contributed by atoms with van der Waals surface area (Å²) in [5.41, 5.74) is 1.21. The summed E-state index contributed by atoms with van der Waals surface area (Å²) in [7, 11) is -7.36. The number of nitrogens with zero attached hydrogens (tertiary/aromatic N) is 3. The predicted octanol–water partition coefficient (Wildman–Crippen LogP) is 4.21. The molecule has 2 heterocycles. The van der Waals surface area contributed by atoms with Gasteiger partial charge in [0.1, 0.15) is 0 Å². The predicted molar refractivity (Wildman–Crippen MR) is 154 cm³/mol. The minimum Gasteiger partial charge on any atom is -0.324 e. The van der Waals surface area contributed by atoms with Crippen LogP contribution in [0.1, 0.15) is 43.7 Å². The van der Waals surface area contributed by atoms with Crippen molar-refractivity contribution in [2.24, 2.45) is 5.41 Å². The molecular weight excluding hydrogens is 574 g/mol. The number of fused-ring (bicyclic) bond motifs is 2. The zero-order valence-electron chi connectivity index (χ0n) is 21.9. The summed E-state index contributed by atoms with van der Waals surface area (Å²) in [6.07, 6.45) is 4.13. The lowest BCUT2D eigenvalue weighted by molar-refractivity contribution is -0.118. The molecule has 0 saturated heterocycles. The molecule has 3 aromatic rings. The number of hydrogen-bond donors (Lipinski definition) is 2. The summed E-state index contributed by atoms with van der Waals surface area (Å²) in [6, 6.07) is 12.1. The molecule has 2 aliphatic rings. The van der Waals surface area contributed by atoms with Crippen molar-refractivity contribution in [3.8, 4) is 6.07 Å². The molecule has 0 radical (unpaired) electrons. The smallest absolute Gasteiger partial charge is 0.235 e. The molecule has 1 atom stereocenters. The van der Waals surface area contributed by atoms with Crippen molar-refractivity contribution in [2.45, 2.75) is 44.4 Å². The van der Waals surface area contributed by atoms with Crippen molar-refractivity contribution >= 4 is 59.7 Å². The quantitative estimate of drug-likeness (QED) is 0.393. The van der Waals surface area contributed by atoms with Crippen LogP contribution in [0.4, 0.5) is 11.4 Å². The Morgan fingerprint density at radius 2 is 1.93 bits per heavy atom. The van der Waals surface area contributed by atoms with Gasteiger partial charge in [-0.1, -0.05) is 23.7 Å². The molecule has 1 fully saturated rings. The van der Waals surface area contributed by atoms with E-state index in [4.69, 9.17) is 11.6 Å². The van der Waals surface area contributed by atoms with E-state index in [9.17, 15) is 26.9 Å². The molecule has 40 heavy (non-hydrogen) atoms. The van der Waals surface area contributed by atoms with Crippen LogP contribution in [-0.4, -0.2) is 49.6 Å². The average molecular weight is 602 g/mol. The zero-order chi connectivity index (χ0) is 28.9. The summed E-state index contributed by atoms with van der Waals surface area (Å²) < 4.78 is 55.0. The van der Waals surface area contributed by atoms with Gasteiger partial charge in [0.2, 0.25) is 26.0 Å². The van der Waals surface area contributed by atoms with Crippen molar-refractivity contribution in [3.05, 3.63) is 64.9 Å². The highest BCUT2D eigenvalue weighted by Crippen LogP contribution is 2.47. The summed E-state index contributed by atoms with van der Waals surface area (Å²) in [5, 5.41) is 13.4. The zero-order valence-corrected chi connectivity index (χ0v) is 24.3. The number of hydrogen-bond acceptors (Lipinski definition) is 7. The van der Waals surface area contributed by atoms with Crippen LogP contribution in [0, 0.1) is 16.7 Å². The van der Waals surface area contributed by atoms with E-state index in [1.807, 2.05) is 0 Å².